The maximum atomic E-state index is 12.6. The standard InChI is InChI=1S/C19H17N3O6S2/c1-14-4-2-3-5-19(14)21-30(27,28)17-10-6-15(7-11-17)20-29(25,26)18-12-8-16(9-13-18)22(23)24/h2-13,20-21H,1H3. The molecule has 0 saturated heterocycles. The maximum Gasteiger partial charge on any atom is 0.269 e. The van der Waals surface area contributed by atoms with Crippen molar-refractivity contribution in [3.63, 3.8) is 0 Å². The third-order valence-electron chi connectivity index (χ3n) is 4.16. The van der Waals surface area contributed by atoms with E-state index >= 15 is 0 Å². The van der Waals surface area contributed by atoms with Crippen LogP contribution >= 0.6 is 0 Å². The number of anilines is 2. The lowest BCUT2D eigenvalue weighted by molar-refractivity contribution is -0.384. The van der Waals surface area contributed by atoms with Gasteiger partial charge in [0.25, 0.3) is 25.7 Å². The van der Waals surface area contributed by atoms with Crippen LogP contribution in [0.25, 0.3) is 0 Å². The van der Waals surface area contributed by atoms with E-state index < -0.39 is 25.0 Å². The van der Waals surface area contributed by atoms with Crippen LogP contribution in [0.15, 0.2) is 82.6 Å². The van der Waals surface area contributed by atoms with Gasteiger partial charge in [-0.3, -0.25) is 19.6 Å². The van der Waals surface area contributed by atoms with E-state index in [-0.39, 0.29) is 21.2 Å². The van der Waals surface area contributed by atoms with Gasteiger partial charge in [-0.25, -0.2) is 16.8 Å². The first-order valence-corrected chi connectivity index (χ1v) is 11.5. The van der Waals surface area contributed by atoms with Crippen molar-refractivity contribution >= 4 is 37.1 Å². The third-order valence-corrected chi connectivity index (χ3v) is 6.94. The van der Waals surface area contributed by atoms with Crippen molar-refractivity contribution in [2.24, 2.45) is 0 Å². The summed E-state index contributed by atoms with van der Waals surface area (Å²) in [6.45, 7) is 1.77. The minimum Gasteiger partial charge on any atom is -0.280 e. The lowest BCUT2D eigenvalue weighted by Crippen LogP contribution is -2.15. The van der Waals surface area contributed by atoms with Crippen LogP contribution in [0.4, 0.5) is 17.1 Å². The van der Waals surface area contributed by atoms with E-state index in [2.05, 4.69) is 9.44 Å². The Morgan fingerprint density at radius 2 is 1.23 bits per heavy atom. The zero-order valence-corrected chi connectivity index (χ0v) is 17.3. The average molecular weight is 447 g/mol. The van der Waals surface area contributed by atoms with Gasteiger partial charge in [0.1, 0.15) is 0 Å². The highest BCUT2D eigenvalue weighted by molar-refractivity contribution is 7.93. The van der Waals surface area contributed by atoms with E-state index in [0.29, 0.717) is 5.69 Å². The third kappa shape index (κ3) is 4.75. The quantitative estimate of drug-likeness (QED) is 0.420. The molecule has 30 heavy (non-hydrogen) atoms. The lowest BCUT2D eigenvalue weighted by atomic mass is 10.2. The van der Waals surface area contributed by atoms with Crippen molar-refractivity contribution in [3.05, 3.63) is 88.5 Å². The molecule has 0 unspecified atom stereocenters. The van der Waals surface area contributed by atoms with Gasteiger partial charge < -0.3 is 0 Å². The second-order valence-electron chi connectivity index (χ2n) is 6.30. The zero-order chi connectivity index (χ0) is 21.9. The predicted octanol–water partition coefficient (Wildman–Crippen LogP) is 3.50. The molecule has 0 amide bonds. The molecule has 0 radical (unpaired) electrons. The van der Waals surface area contributed by atoms with Gasteiger partial charge in [0.05, 0.1) is 20.4 Å². The molecule has 0 aliphatic heterocycles. The molecule has 11 heteroatoms. The molecule has 0 saturated carbocycles. The van der Waals surface area contributed by atoms with Gasteiger partial charge in [-0.15, -0.1) is 0 Å². The largest absolute Gasteiger partial charge is 0.280 e. The number of non-ortho nitro benzene ring substituents is 1. The number of hydrogen-bond donors (Lipinski definition) is 2. The minimum atomic E-state index is -4.00. The number of nitrogens with zero attached hydrogens (tertiary/aromatic N) is 1. The van der Waals surface area contributed by atoms with Crippen LogP contribution in [0.3, 0.4) is 0 Å². The summed E-state index contributed by atoms with van der Waals surface area (Å²) in [6.07, 6.45) is 0. The molecule has 3 aromatic carbocycles. The second kappa shape index (κ2) is 8.13. The molecule has 0 aromatic heterocycles. The highest BCUT2D eigenvalue weighted by Gasteiger charge is 2.18. The van der Waals surface area contributed by atoms with Crippen molar-refractivity contribution in [2.75, 3.05) is 9.44 Å². The first-order valence-electron chi connectivity index (χ1n) is 8.54. The van der Waals surface area contributed by atoms with Crippen molar-refractivity contribution in [1.29, 1.82) is 0 Å². The van der Waals surface area contributed by atoms with Crippen molar-refractivity contribution in [2.45, 2.75) is 16.7 Å². The molecule has 2 N–H and O–H groups in total. The van der Waals surface area contributed by atoms with Gasteiger partial charge in [-0.1, -0.05) is 18.2 Å². The molecular weight excluding hydrogens is 430 g/mol. The molecule has 0 bridgehead atoms. The van der Waals surface area contributed by atoms with Crippen LogP contribution < -0.4 is 9.44 Å². The number of sulfonamides is 2. The summed E-state index contributed by atoms with van der Waals surface area (Å²) in [5.41, 5.74) is 1.11. The SMILES string of the molecule is Cc1ccccc1NS(=O)(=O)c1ccc(NS(=O)(=O)c2ccc([N+](=O)[O-])cc2)cc1. The number of benzene rings is 3. The van der Waals surface area contributed by atoms with Crippen LogP contribution in [0.5, 0.6) is 0 Å². The normalized spacial score (nSPS) is 11.6. The molecule has 0 aliphatic rings. The topological polar surface area (TPSA) is 135 Å². The first kappa shape index (κ1) is 21.3. The van der Waals surface area contributed by atoms with E-state index in [0.717, 1.165) is 29.8 Å². The fourth-order valence-electron chi connectivity index (χ4n) is 2.55. The number of nitrogens with one attached hydrogen (secondary N) is 2. The molecular formula is C19H17N3O6S2. The lowest BCUT2D eigenvalue weighted by Gasteiger charge is -2.12. The summed E-state index contributed by atoms with van der Waals surface area (Å²) in [6, 6.07) is 16.5. The Balaban J connectivity index is 1.78. The molecule has 0 heterocycles. The Labute approximate surface area is 173 Å². The Morgan fingerprint density at radius 1 is 0.733 bits per heavy atom. The summed E-state index contributed by atoms with van der Waals surface area (Å²) in [5, 5.41) is 10.7. The smallest absolute Gasteiger partial charge is 0.269 e. The molecule has 3 aromatic rings. The van der Waals surface area contributed by atoms with E-state index in [1.54, 1.807) is 31.2 Å². The predicted molar refractivity (Wildman–Crippen MR) is 112 cm³/mol. The highest BCUT2D eigenvalue weighted by Crippen LogP contribution is 2.23. The molecule has 156 valence electrons. The zero-order valence-electron chi connectivity index (χ0n) is 15.6. The van der Waals surface area contributed by atoms with E-state index in [4.69, 9.17) is 0 Å². The van der Waals surface area contributed by atoms with Gasteiger partial charge in [0.2, 0.25) is 0 Å². The molecule has 9 nitrogen and oxygen atoms in total. The summed E-state index contributed by atoms with van der Waals surface area (Å²) in [4.78, 5) is 9.86. The highest BCUT2D eigenvalue weighted by atomic mass is 32.2. The van der Waals surface area contributed by atoms with Gasteiger partial charge in [0.15, 0.2) is 0 Å². The van der Waals surface area contributed by atoms with E-state index in [1.165, 1.54) is 24.3 Å². The van der Waals surface area contributed by atoms with Crippen LogP contribution in [-0.2, 0) is 20.0 Å². The number of para-hydroxylation sites is 1. The van der Waals surface area contributed by atoms with Gasteiger partial charge in [-0.05, 0) is 55.0 Å². The van der Waals surface area contributed by atoms with Crippen molar-refractivity contribution < 1.29 is 21.8 Å². The summed E-state index contributed by atoms with van der Waals surface area (Å²) in [7, 11) is -7.85. The molecule has 0 fully saturated rings. The number of hydrogen-bond acceptors (Lipinski definition) is 6. The average Bonchev–Trinajstić information content (AvgIpc) is 2.70. The van der Waals surface area contributed by atoms with Crippen LogP contribution in [-0.4, -0.2) is 21.8 Å². The Kier molecular flexibility index (Phi) is 5.76. The summed E-state index contributed by atoms with van der Waals surface area (Å²) >= 11 is 0. The van der Waals surface area contributed by atoms with Gasteiger partial charge in [0, 0.05) is 17.8 Å². The van der Waals surface area contributed by atoms with Crippen LogP contribution in [0.2, 0.25) is 0 Å². The first-order chi connectivity index (χ1) is 14.1. The Hall–Kier alpha value is -3.44. The molecule has 0 atom stereocenters. The van der Waals surface area contributed by atoms with Gasteiger partial charge >= 0.3 is 0 Å². The molecule has 0 aliphatic carbocycles. The second-order valence-corrected chi connectivity index (χ2v) is 9.67. The number of rotatable bonds is 7. The number of aryl methyl sites for hydroxylation is 1. The van der Waals surface area contributed by atoms with Crippen LogP contribution in [0.1, 0.15) is 5.56 Å². The van der Waals surface area contributed by atoms with E-state index in [9.17, 15) is 26.9 Å². The summed E-state index contributed by atoms with van der Waals surface area (Å²) in [5.74, 6) is 0. The fraction of sp³-hybridized carbons (Fsp3) is 0.0526. The van der Waals surface area contributed by atoms with Gasteiger partial charge in [-0.2, -0.15) is 0 Å². The monoisotopic (exact) mass is 447 g/mol. The summed E-state index contributed by atoms with van der Waals surface area (Å²) < 4.78 is 54.8. The minimum absolute atomic E-state index is 0.0379. The Bertz CT molecular complexity index is 1290. The fourth-order valence-corrected chi connectivity index (χ4v) is 4.74. The Morgan fingerprint density at radius 3 is 1.77 bits per heavy atom. The number of nitro groups is 1. The van der Waals surface area contributed by atoms with Crippen molar-refractivity contribution in [3.8, 4) is 0 Å². The molecule has 0 spiro atoms. The van der Waals surface area contributed by atoms with Crippen molar-refractivity contribution in [1.82, 2.24) is 0 Å². The number of nitro benzene ring substituents is 1. The maximum absolute atomic E-state index is 12.6. The van der Waals surface area contributed by atoms with Crippen LogP contribution in [0, 0.1) is 17.0 Å². The molecule has 3 rings (SSSR count). The van der Waals surface area contributed by atoms with E-state index in [1.807, 2.05) is 0 Å².